The minimum absolute atomic E-state index is 0.0743. The molecule has 1 aromatic rings. The minimum atomic E-state index is -0.372. The van der Waals surface area contributed by atoms with E-state index in [9.17, 15) is 10.1 Å². The molecule has 116 valence electrons. The maximum absolute atomic E-state index is 11.0. The van der Waals surface area contributed by atoms with Crippen LogP contribution in [0, 0.1) is 15.5 Å². The normalized spacial score (nSPS) is 16.1. The third kappa shape index (κ3) is 3.83. The number of aromatic nitrogens is 1. The summed E-state index contributed by atoms with van der Waals surface area (Å²) in [6.45, 7) is 5.85. The van der Waals surface area contributed by atoms with E-state index in [4.69, 9.17) is 0 Å². The van der Waals surface area contributed by atoms with Crippen molar-refractivity contribution < 1.29 is 4.92 Å². The Morgan fingerprint density at radius 1 is 1.29 bits per heavy atom. The summed E-state index contributed by atoms with van der Waals surface area (Å²) in [6.07, 6.45) is 5.82. The summed E-state index contributed by atoms with van der Waals surface area (Å²) in [5, 5.41) is 17.4. The van der Waals surface area contributed by atoms with E-state index in [2.05, 4.69) is 22.5 Å². The number of hydrogen-bond donors (Lipinski definition) is 2. The predicted octanol–water partition coefficient (Wildman–Crippen LogP) is 3.80. The Kier molecular flexibility index (Phi) is 4.98. The molecular weight excluding hydrogens is 268 g/mol. The monoisotopic (exact) mass is 292 g/mol. The fraction of sp³-hybridized carbons (Fsp3) is 0.667. The van der Waals surface area contributed by atoms with Crippen molar-refractivity contribution in [2.75, 3.05) is 23.7 Å². The first kappa shape index (κ1) is 15.5. The largest absolute Gasteiger partial charge is 0.370 e. The number of nitrogens with one attached hydrogen (secondary N) is 2. The van der Waals surface area contributed by atoms with E-state index in [1.165, 1.54) is 31.4 Å². The van der Waals surface area contributed by atoms with Crippen LogP contribution in [0.3, 0.4) is 0 Å². The lowest BCUT2D eigenvalue weighted by molar-refractivity contribution is -0.384. The molecule has 1 aliphatic rings. The van der Waals surface area contributed by atoms with Gasteiger partial charge in [0.05, 0.1) is 17.1 Å². The van der Waals surface area contributed by atoms with E-state index in [-0.39, 0.29) is 10.6 Å². The maximum atomic E-state index is 11.0. The summed E-state index contributed by atoms with van der Waals surface area (Å²) < 4.78 is 0. The Labute approximate surface area is 125 Å². The molecule has 1 aliphatic carbocycles. The fourth-order valence-corrected chi connectivity index (χ4v) is 2.67. The molecule has 0 aliphatic heterocycles. The number of rotatable bonds is 8. The van der Waals surface area contributed by atoms with Crippen LogP contribution in [0.15, 0.2) is 12.1 Å². The van der Waals surface area contributed by atoms with E-state index >= 15 is 0 Å². The fourth-order valence-electron chi connectivity index (χ4n) is 2.67. The van der Waals surface area contributed by atoms with Crippen LogP contribution in [0.5, 0.6) is 0 Å². The van der Waals surface area contributed by atoms with Crippen LogP contribution >= 0.6 is 0 Å². The van der Waals surface area contributed by atoms with E-state index < -0.39 is 0 Å². The summed E-state index contributed by atoms with van der Waals surface area (Å²) in [5.41, 5.74) is 0.425. The summed E-state index contributed by atoms with van der Waals surface area (Å²) in [5.74, 6) is 1.15. The second-order valence-corrected chi connectivity index (χ2v) is 5.84. The van der Waals surface area contributed by atoms with Gasteiger partial charge in [-0.1, -0.05) is 20.3 Å². The maximum Gasteiger partial charge on any atom is 0.276 e. The summed E-state index contributed by atoms with van der Waals surface area (Å²) in [7, 11) is 0. The number of anilines is 2. The smallest absolute Gasteiger partial charge is 0.276 e. The molecule has 0 saturated heterocycles. The van der Waals surface area contributed by atoms with Gasteiger partial charge >= 0.3 is 0 Å². The van der Waals surface area contributed by atoms with E-state index in [0.29, 0.717) is 17.1 Å². The van der Waals surface area contributed by atoms with Gasteiger partial charge in [-0.2, -0.15) is 0 Å². The molecule has 0 spiro atoms. The van der Waals surface area contributed by atoms with Crippen molar-refractivity contribution in [3.8, 4) is 0 Å². The van der Waals surface area contributed by atoms with Gasteiger partial charge in [-0.25, -0.2) is 4.98 Å². The van der Waals surface area contributed by atoms with Gasteiger partial charge in [-0.15, -0.1) is 0 Å². The van der Waals surface area contributed by atoms with Crippen LogP contribution in [-0.2, 0) is 0 Å². The lowest BCUT2D eigenvalue weighted by Gasteiger charge is -2.41. The highest BCUT2D eigenvalue weighted by Crippen LogP contribution is 2.43. The van der Waals surface area contributed by atoms with Crippen molar-refractivity contribution in [2.45, 2.75) is 46.0 Å². The Bertz CT molecular complexity index is 495. The van der Waals surface area contributed by atoms with Gasteiger partial charge in [0.25, 0.3) is 5.69 Å². The first-order valence-corrected chi connectivity index (χ1v) is 7.73. The topological polar surface area (TPSA) is 80.1 Å². The molecule has 0 unspecified atom stereocenters. The zero-order chi connectivity index (χ0) is 15.3. The highest BCUT2D eigenvalue weighted by Gasteiger charge is 2.34. The van der Waals surface area contributed by atoms with Gasteiger partial charge in [0.1, 0.15) is 11.6 Å². The lowest BCUT2D eigenvalue weighted by atomic mass is 9.67. The second-order valence-electron chi connectivity index (χ2n) is 5.84. The van der Waals surface area contributed by atoms with Crippen LogP contribution in [0.2, 0.25) is 0 Å². The molecule has 2 rings (SSSR count). The van der Waals surface area contributed by atoms with E-state index in [1.807, 2.05) is 6.92 Å². The molecule has 0 amide bonds. The molecule has 1 saturated carbocycles. The molecule has 1 heterocycles. The van der Waals surface area contributed by atoms with Crippen molar-refractivity contribution >= 4 is 17.3 Å². The second kappa shape index (κ2) is 6.74. The first-order valence-electron chi connectivity index (χ1n) is 7.73. The minimum Gasteiger partial charge on any atom is -0.370 e. The van der Waals surface area contributed by atoms with Gasteiger partial charge in [-0.3, -0.25) is 10.1 Å². The Balaban J connectivity index is 2.09. The molecule has 0 radical (unpaired) electrons. The molecular formula is C15H24N4O2. The zero-order valence-electron chi connectivity index (χ0n) is 12.8. The number of hydrogen-bond acceptors (Lipinski definition) is 5. The highest BCUT2D eigenvalue weighted by atomic mass is 16.6. The van der Waals surface area contributed by atoms with Crippen molar-refractivity contribution in [3.63, 3.8) is 0 Å². The SMILES string of the molecule is CCCNc1cc([N+](=O)[O-])cc(NCC2(CC)CCC2)n1. The van der Waals surface area contributed by atoms with E-state index in [1.54, 1.807) is 0 Å². The highest BCUT2D eigenvalue weighted by molar-refractivity contribution is 5.54. The molecule has 1 fully saturated rings. The summed E-state index contributed by atoms with van der Waals surface area (Å²) in [6, 6.07) is 3.00. The number of nitrogens with zero attached hydrogens (tertiary/aromatic N) is 2. The van der Waals surface area contributed by atoms with E-state index in [0.717, 1.165) is 25.9 Å². The average molecular weight is 292 g/mol. The number of nitro groups is 1. The average Bonchev–Trinajstić information content (AvgIpc) is 2.44. The Morgan fingerprint density at radius 2 is 1.95 bits per heavy atom. The molecule has 6 nitrogen and oxygen atoms in total. The lowest BCUT2D eigenvalue weighted by Crippen LogP contribution is -2.36. The van der Waals surface area contributed by atoms with Crippen LogP contribution in [0.25, 0.3) is 0 Å². The Hall–Kier alpha value is -1.85. The van der Waals surface area contributed by atoms with Gasteiger partial charge < -0.3 is 10.6 Å². The molecule has 2 N–H and O–H groups in total. The summed E-state index contributed by atoms with van der Waals surface area (Å²) >= 11 is 0. The van der Waals surface area contributed by atoms with Gasteiger partial charge in [0.2, 0.25) is 0 Å². The molecule has 0 bridgehead atoms. The van der Waals surface area contributed by atoms with Crippen LogP contribution < -0.4 is 10.6 Å². The Morgan fingerprint density at radius 3 is 2.43 bits per heavy atom. The number of pyridine rings is 1. The van der Waals surface area contributed by atoms with Crippen molar-refractivity contribution in [2.24, 2.45) is 5.41 Å². The van der Waals surface area contributed by atoms with Crippen molar-refractivity contribution in [1.29, 1.82) is 0 Å². The van der Waals surface area contributed by atoms with Crippen molar-refractivity contribution in [1.82, 2.24) is 4.98 Å². The first-order chi connectivity index (χ1) is 10.1. The van der Waals surface area contributed by atoms with Crippen LogP contribution in [0.1, 0.15) is 46.0 Å². The quantitative estimate of drug-likeness (QED) is 0.562. The molecule has 0 aromatic carbocycles. The molecule has 0 atom stereocenters. The third-order valence-electron chi connectivity index (χ3n) is 4.39. The molecule has 1 aromatic heterocycles. The molecule has 6 heteroatoms. The third-order valence-corrected chi connectivity index (χ3v) is 4.39. The predicted molar refractivity (Wildman–Crippen MR) is 84.7 cm³/mol. The van der Waals surface area contributed by atoms with Gasteiger partial charge in [0.15, 0.2) is 0 Å². The van der Waals surface area contributed by atoms with Gasteiger partial charge in [0, 0.05) is 13.1 Å². The standard InChI is InChI=1S/C15H24N4O2/c1-3-8-16-13-9-12(19(20)21)10-14(18-13)17-11-15(4-2)6-5-7-15/h9-10H,3-8,11H2,1-2H3,(H2,16,17,18). The van der Waals surface area contributed by atoms with Gasteiger partial charge in [-0.05, 0) is 31.1 Å². The zero-order valence-corrected chi connectivity index (χ0v) is 12.8. The summed E-state index contributed by atoms with van der Waals surface area (Å²) in [4.78, 5) is 15.1. The molecule has 21 heavy (non-hydrogen) atoms. The van der Waals surface area contributed by atoms with Crippen molar-refractivity contribution in [3.05, 3.63) is 22.2 Å². The van der Waals surface area contributed by atoms with Crippen LogP contribution in [-0.4, -0.2) is 23.0 Å². The van der Waals surface area contributed by atoms with Crippen LogP contribution in [0.4, 0.5) is 17.3 Å².